The molecule has 1 amide bonds. The van der Waals surface area contributed by atoms with E-state index in [4.69, 9.17) is 9.63 Å². The maximum atomic E-state index is 12.9. The van der Waals surface area contributed by atoms with Crippen LogP contribution in [0.15, 0.2) is 34.9 Å². The molecule has 5 nitrogen and oxygen atoms in total. The fraction of sp³-hybridized carbons (Fsp3) is 0. The van der Waals surface area contributed by atoms with Gasteiger partial charge in [-0.3, -0.25) is 5.32 Å². The Balaban J connectivity index is 2.28. The molecule has 0 aliphatic carbocycles. The van der Waals surface area contributed by atoms with Crippen LogP contribution in [0.1, 0.15) is 0 Å². The molecule has 0 radical (unpaired) electrons. The van der Waals surface area contributed by atoms with Crippen LogP contribution in [0.5, 0.6) is 0 Å². The number of hydrogen-bond acceptors (Lipinski definition) is 3. The summed E-state index contributed by atoms with van der Waals surface area (Å²) in [5.74, 6) is -0.0448. The number of amides is 1. The summed E-state index contributed by atoms with van der Waals surface area (Å²) in [5.41, 5.74) is 0.492. The van der Waals surface area contributed by atoms with E-state index in [2.05, 4.69) is 5.16 Å². The van der Waals surface area contributed by atoms with E-state index < -0.39 is 11.9 Å². The largest absolute Gasteiger partial charge is 0.465 e. The standard InChI is InChI=1S/C10H7FN2O3/c11-7-3-1-2-6(4-7)8-5-9(13-16-8)12-10(14)15/h1-5H,(H,12,13)(H,14,15). The molecular weight excluding hydrogens is 215 g/mol. The Labute approximate surface area is 89.5 Å². The lowest BCUT2D eigenvalue weighted by Gasteiger charge is -1.93. The Kier molecular flexibility index (Phi) is 2.55. The molecule has 0 aliphatic rings. The molecule has 0 unspecified atom stereocenters. The number of carboxylic acid groups (broad SMARTS) is 1. The molecule has 0 saturated heterocycles. The summed E-state index contributed by atoms with van der Waals surface area (Å²) in [7, 11) is 0. The van der Waals surface area contributed by atoms with Gasteiger partial charge in [0.05, 0.1) is 0 Å². The minimum absolute atomic E-state index is 0.0618. The number of carbonyl (C=O) groups is 1. The zero-order valence-electron chi connectivity index (χ0n) is 7.98. The molecule has 16 heavy (non-hydrogen) atoms. The molecule has 1 aromatic heterocycles. The molecule has 0 atom stereocenters. The molecule has 0 bridgehead atoms. The van der Waals surface area contributed by atoms with Crippen molar-refractivity contribution < 1.29 is 18.8 Å². The first-order valence-corrected chi connectivity index (χ1v) is 4.38. The third-order valence-corrected chi connectivity index (χ3v) is 1.85. The van der Waals surface area contributed by atoms with Gasteiger partial charge in [0.1, 0.15) is 5.82 Å². The van der Waals surface area contributed by atoms with E-state index in [1.165, 1.54) is 24.3 Å². The monoisotopic (exact) mass is 222 g/mol. The topological polar surface area (TPSA) is 75.4 Å². The van der Waals surface area contributed by atoms with Crippen LogP contribution in [0.3, 0.4) is 0 Å². The number of benzene rings is 1. The average molecular weight is 222 g/mol. The lowest BCUT2D eigenvalue weighted by molar-refractivity contribution is 0.209. The van der Waals surface area contributed by atoms with Crippen molar-refractivity contribution in [2.24, 2.45) is 0 Å². The summed E-state index contributed by atoms with van der Waals surface area (Å²) in [6, 6.07) is 7.11. The van der Waals surface area contributed by atoms with E-state index in [-0.39, 0.29) is 5.82 Å². The third-order valence-electron chi connectivity index (χ3n) is 1.85. The van der Waals surface area contributed by atoms with E-state index >= 15 is 0 Å². The maximum Gasteiger partial charge on any atom is 0.410 e. The summed E-state index contributed by atoms with van der Waals surface area (Å²) in [6.07, 6.45) is -1.24. The highest BCUT2D eigenvalue weighted by Gasteiger charge is 2.08. The summed E-state index contributed by atoms with van der Waals surface area (Å²) in [4.78, 5) is 10.3. The van der Waals surface area contributed by atoms with Crippen LogP contribution in [0.25, 0.3) is 11.3 Å². The zero-order valence-corrected chi connectivity index (χ0v) is 7.98. The van der Waals surface area contributed by atoms with Crippen LogP contribution in [0.2, 0.25) is 0 Å². The second-order valence-corrected chi connectivity index (χ2v) is 3.02. The van der Waals surface area contributed by atoms with Crippen molar-refractivity contribution in [1.82, 2.24) is 5.16 Å². The lowest BCUT2D eigenvalue weighted by atomic mass is 10.2. The zero-order chi connectivity index (χ0) is 11.5. The highest BCUT2D eigenvalue weighted by molar-refractivity contribution is 5.82. The molecule has 0 fully saturated rings. The summed E-state index contributed by atoms with van der Waals surface area (Å²) < 4.78 is 17.8. The molecule has 0 spiro atoms. The molecule has 0 saturated carbocycles. The van der Waals surface area contributed by atoms with Crippen LogP contribution >= 0.6 is 0 Å². The number of nitrogens with zero attached hydrogens (tertiary/aromatic N) is 1. The van der Waals surface area contributed by atoms with Crippen LogP contribution in [0, 0.1) is 5.82 Å². The van der Waals surface area contributed by atoms with E-state index in [0.717, 1.165) is 0 Å². The van der Waals surface area contributed by atoms with Crippen molar-refractivity contribution in [2.75, 3.05) is 5.32 Å². The molecular formula is C10H7FN2O3. The number of nitrogens with one attached hydrogen (secondary N) is 1. The van der Waals surface area contributed by atoms with Gasteiger partial charge in [-0.15, -0.1) is 0 Å². The van der Waals surface area contributed by atoms with Crippen LogP contribution in [-0.4, -0.2) is 16.4 Å². The van der Waals surface area contributed by atoms with Gasteiger partial charge in [0.25, 0.3) is 0 Å². The first kappa shape index (κ1) is 10.2. The second-order valence-electron chi connectivity index (χ2n) is 3.02. The molecule has 6 heteroatoms. The molecule has 0 aliphatic heterocycles. The number of halogens is 1. The predicted octanol–water partition coefficient (Wildman–Crippen LogP) is 2.57. The van der Waals surface area contributed by atoms with E-state index in [0.29, 0.717) is 11.3 Å². The predicted molar refractivity (Wildman–Crippen MR) is 53.5 cm³/mol. The maximum absolute atomic E-state index is 12.9. The minimum Gasteiger partial charge on any atom is -0.465 e. The first-order valence-electron chi connectivity index (χ1n) is 4.38. The number of anilines is 1. The van der Waals surface area contributed by atoms with Crippen LogP contribution < -0.4 is 5.32 Å². The van der Waals surface area contributed by atoms with Gasteiger partial charge in [-0.25, -0.2) is 9.18 Å². The van der Waals surface area contributed by atoms with E-state index in [9.17, 15) is 9.18 Å². The van der Waals surface area contributed by atoms with Gasteiger partial charge in [-0.1, -0.05) is 17.3 Å². The van der Waals surface area contributed by atoms with Crippen molar-refractivity contribution in [3.63, 3.8) is 0 Å². The van der Waals surface area contributed by atoms with E-state index in [1.54, 1.807) is 6.07 Å². The molecule has 2 N–H and O–H groups in total. The number of rotatable bonds is 2. The SMILES string of the molecule is O=C(O)Nc1cc(-c2cccc(F)c2)on1. The van der Waals surface area contributed by atoms with Gasteiger partial charge < -0.3 is 9.63 Å². The lowest BCUT2D eigenvalue weighted by Crippen LogP contribution is -2.06. The molecule has 2 rings (SSSR count). The van der Waals surface area contributed by atoms with Gasteiger partial charge in [-0.05, 0) is 12.1 Å². The highest BCUT2D eigenvalue weighted by atomic mass is 19.1. The van der Waals surface area contributed by atoms with Crippen molar-refractivity contribution in [3.8, 4) is 11.3 Å². The van der Waals surface area contributed by atoms with Crippen molar-refractivity contribution in [3.05, 3.63) is 36.1 Å². The van der Waals surface area contributed by atoms with Gasteiger partial charge in [-0.2, -0.15) is 0 Å². The highest BCUT2D eigenvalue weighted by Crippen LogP contribution is 2.22. The fourth-order valence-electron chi connectivity index (χ4n) is 1.22. The Morgan fingerprint density at radius 2 is 2.25 bits per heavy atom. The smallest absolute Gasteiger partial charge is 0.410 e. The molecule has 1 aromatic carbocycles. The normalized spacial score (nSPS) is 10.1. The van der Waals surface area contributed by atoms with Crippen molar-refractivity contribution >= 4 is 11.9 Å². The fourth-order valence-corrected chi connectivity index (χ4v) is 1.22. The van der Waals surface area contributed by atoms with Gasteiger partial charge in [0.15, 0.2) is 11.6 Å². The average Bonchev–Trinajstić information content (AvgIpc) is 2.65. The summed E-state index contributed by atoms with van der Waals surface area (Å²) >= 11 is 0. The van der Waals surface area contributed by atoms with Gasteiger partial charge >= 0.3 is 6.09 Å². The van der Waals surface area contributed by atoms with Gasteiger partial charge in [0, 0.05) is 11.6 Å². The van der Waals surface area contributed by atoms with Gasteiger partial charge in [0.2, 0.25) is 0 Å². The third kappa shape index (κ3) is 2.17. The van der Waals surface area contributed by atoms with Crippen LogP contribution in [-0.2, 0) is 0 Å². The molecule has 1 heterocycles. The summed E-state index contributed by atoms with van der Waals surface area (Å²) in [5, 5.41) is 13.9. The summed E-state index contributed by atoms with van der Waals surface area (Å²) in [6.45, 7) is 0. The quantitative estimate of drug-likeness (QED) is 0.818. The van der Waals surface area contributed by atoms with Crippen LogP contribution in [0.4, 0.5) is 15.0 Å². The molecule has 2 aromatic rings. The molecule has 82 valence electrons. The Morgan fingerprint density at radius 1 is 1.44 bits per heavy atom. The van der Waals surface area contributed by atoms with E-state index in [1.807, 2.05) is 5.32 Å². The van der Waals surface area contributed by atoms with Crippen molar-refractivity contribution in [1.29, 1.82) is 0 Å². The Morgan fingerprint density at radius 3 is 2.94 bits per heavy atom. The number of aromatic nitrogens is 1. The number of hydrogen-bond donors (Lipinski definition) is 2. The first-order chi connectivity index (χ1) is 7.65. The minimum atomic E-state index is -1.24. The van der Waals surface area contributed by atoms with Crippen molar-refractivity contribution in [2.45, 2.75) is 0 Å². The second kappa shape index (κ2) is 4.01. The Bertz CT molecular complexity index is 524. The Hall–Kier alpha value is -2.37.